The predicted molar refractivity (Wildman–Crippen MR) is 111 cm³/mol. The van der Waals surface area contributed by atoms with Crippen LogP contribution in [0.2, 0.25) is 0 Å². The Morgan fingerprint density at radius 2 is 1.90 bits per heavy atom. The van der Waals surface area contributed by atoms with Crippen LogP contribution in [0.15, 0.2) is 0 Å². The molecule has 8 nitrogen and oxygen atoms in total. The number of hydrogen-bond donors (Lipinski definition) is 3. The van der Waals surface area contributed by atoms with E-state index in [1.807, 2.05) is 0 Å². The summed E-state index contributed by atoms with van der Waals surface area (Å²) in [6.45, 7) is 1.57. The molecule has 8 heteroatoms. The minimum atomic E-state index is -0.853. The zero-order valence-electron chi connectivity index (χ0n) is 18.4. The summed E-state index contributed by atoms with van der Waals surface area (Å²) in [5.41, 5.74) is 5.74. The van der Waals surface area contributed by atoms with E-state index >= 15 is 0 Å². The summed E-state index contributed by atoms with van der Waals surface area (Å²) in [7, 11) is 1.64. The van der Waals surface area contributed by atoms with Crippen molar-refractivity contribution in [3.8, 4) is 6.07 Å². The molecule has 5 saturated carbocycles. The van der Waals surface area contributed by atoms with Crippen molar-refractivity contribution >= 4 is 11.9 Å². The van der Waals surface area contributed by atoms with Crippen LogP contribution in [-0.4, -0.2) is 64.8 Å². The highest BCUT2D eigenvalue weighted by molar-refractivity contribution is 5.84. The molecule has 0 radical (unpaired) electrons. The number of nitrogens with zero attached hydrogens (tertiary/aromatic N) is 2. The number of nitrogens with two attached hydrogens (primary N) is 1. The summed E-state index contributed by atoms with van der Waals surface area (Å²) in [5.74, 6) is 0.734. The number of carbonyl (C=O) groups excluding carboxylic acids is 2. The number of hydrogen-bond acceptors (Lipinski definition) is 7. The standard InChI is InChI=1S/C23H34N4O4/c1-12(28)18(26-2)21(30)31-23-8-13-3-14(9-23)7-22(6-13,11-23)19(25)20(29)27-16(10-24)4-15-5-17(15)27/h12-19,26,28H,3-9,11,25H2,1-2H3. The van der Waals surface area contributed by atoms with Crippen molar-refractivity contribution in [2.45, 2.75) is 94.2 Å². The lowest BCUT2D eigenvalue weighted by molar-refractivity contribution is -0.208. The summed E-state index contributed by atoms with van der Waals surface area (Å²) in [4.78, 5) is 28.2. The lowest BCUT2D eigenvalue weighted by Gasteiger charge is -2.62. The molecule has 0 spiro atoms. The normalized spacial score (nSPS) is 44.9. The maximum absolute atomic E-state index is 13.5. The number of ether oxygens (including phenoxy) is 1. The molecule has 6 fully saturated rings. The van der Waals surface area contributed by atoms with E-state index in [-0.39, 0.29) is 23.4 Å². The highest BCUT2D eigenvalue weighted by Gasteiger charge is 2.64. The molecule has 4 bridgehead atoms. The lowest BCUT2D eigenvalue weighted by atomic mass is 9.46. The maximum atomic E-state index is 13.5. The Morgan fingerprint density at radius 1 is 1.23 bits per heavy atom. The first-order valence-electron chi connectivity index (χ1n) is 11.8. The fourth-order valence-electron chi connectivity index (χ4n) is 7.88. The van der Waals surface area contributed by atoms with Gasteiger partial charge in [-0.25, -0.2) is 0 Å². The first-order chi connectivity index (χ1) is 14.7. The van der Waals surface area contributed by atoms with Gasteiger partial charge in [0, 0.05) is 6.04 Å². The molecule has 5 aliphatic carbocycles. The molecule has 170 valence electrons. The van der Waals surface area contributed by atoms with Gasteiger partial charge in [-0.05, 0) is 88.5 Å². The number of carbonyl (C=O) groups is 2. The average Bonchev–Trinajstić information content (AvgIpc) is 3.35. The second-order valence-corrected chi connectivity index (χ2v) is 11.1. The van der Waals surface area contributed by atoms with E-state index in [0.717, 1.165) is 44.9 Å². The van der Waals surface area contributed by atoms with Crippen LogP contribution in [-0.2, 0) is 14.3 Å². The third kappa shape index (κ3) is 3.28. The van der Waals surface area contributed by atoms with Gasteiger partial charge in [0.15, 0.2) is 0 Å². The Labute approximate surface area is 183 Å². The Bertz CT molecular complexity index is 809. The molecule has 4 N–H and O–H groups in total. The SMILES string of the molecule is CNC(C(=O)OC12CC3CC(C1)CC(C(N)C(=O)N1C(C#N)CC4CC41)(C3)C2)C(C)O. The second-order valence-electron chi connectivity index (χ2n) is 11.1. The van der Waals surface area contributed by atoms with Gasteiger partial charge in [-0.1, -0.05) is 0 Å². The zero-order chi connectivity index (χ0) is 22.1. The van der Waals surface area contributed by atoms with E-state index in [2.05, 4.69) is 11.4 Å². The summed E-state index contributed by atoms with van der Waals surface area (Å²) in [6, 6.07) is 0.693. The van der Waals surface area contributed by atoms with Crippen LogP contribution < -0.4 is 11.1 Å². The van der Waals surface area contributed by atoms with Crippen molar-refractivity contribution < 1.29 is 19.4 Å². The number of likely N-dealkylation sites (tertiary alicyclic amines) is 1. The molecule has 8 unspecified atom stereocenters. The van der Waals surface area contributed by atoms with Crippen molar-refractivity contribution in [2.75, 3.05) is 7.05 Å². The van der Waals surface area contributed by atoms with Crippen LogP contribution in [0.1, 0.15) is 58.3 Å². The molecule has 0 aromatic heterocycles. The minimum absolute atomic E-state index is 0.0861. The van der Waals surface area contributed by atoms with Crippen molar-refractivity contribution in [1.29, 1.82) is 5.26 Å². The van der Waals surface area contributed by atoms with Gasteiger partial charge in [-0.2, -0.15) is 5.26 Å². The van der Waals surface area contributed by atoms with E-state index in [1.165, 1.54) is 0 Å². The van der Waals surface area contributed by atoms with Gasteiger partial charge in [0.1, 0.15) is 17.7 Å². The highest BCUT2D eigenvalue weighted by atomic mass is 16.6. The number of piperidine rings is 1. The van der Waals surface area contributed by atoms with E-state index in [4.69, 9.17) is 10.5 Å². The topological polar surface area (TPSA) is 129 Å². The molecule has 1 saturated heterocycles. The second kappa shape index (κ2) is 7.16. The smallest absolute Gasteiger partial charge is 0.326 e. The fraction of sp³-hybridized carbons (Fsp3) is 0.870. The number of fused-ring (bicyclic) bond motifs is 1. The maximum Gasteiger partial charge on any atom is 0.326 e. The molecule has 0 aromatic rings. The van der Waals surface area contributed by atoms with Crippen LogP contribution >= 0.6 is 0 Å². The van der Waals surface area contributed by atoms with Crippen molar-refractivity contribution in [1.82, 2.24) is 10.2 Å². The summed E-state index contributed by atoms with van der Waals surface area (Å²) in [5, 5.41) is 22.3. The average molecular weight is 431 g/mol. The molecular weight excluding hydrogens is 396 g/mol. The van der Waals surface area contributed by atoms with Gasteiger partial charge in [-0.15, -0.1) is 0 Å². The molecule has 1 amide bonds. The van der Waals surface area contributed by atoms with Crippen LogP contribution in [0, 0.1) is 34.5 Å². The first kappa shape index (κ1) is 21.2. The predicted octanol–water partition coefficient (Wildman–Crippen LogP) is 0.678. The lowest BCUT2D eigenvalue weighted by Crippen LogP contribution is -2.66. The molecule has 8 atom stereocenters. The van der Waals surface area contributed by atoms with Crippen LogP contribution in [0.25, 0.3) is 0 Å². The molecule has 1 heterocycles. The Hall–Kier alpha value is -1.69. The fourth-order valence-corrected chi connectivity index (χ4v) is 7.88. The Kier molecular flexibility index (Phi) is 4.89. The van der Waals surface area contributed by atoms with Gasteiger partial charge in [-0.3, -0.25) is 9.59 Å². The zero-order valence-corrected chi connectivity index (χ0v) is 18.4. The van der Waals surface area contributed by atoms with Crippen LogP contribution in [0.4, 0.5) is 0 Å². The highest BCUT2D eigenvalue weighted by Crippen LogP contribution is 2.64. The minimum Gasteiger partial charge on any atom is -0.458 e. The van der Waals surface area contributed by atoms with E-state index in [9.17, 15) is 20.0 Å². The van der Waals surface area contributed by atoms with Crippen molar-refractivity contribution in [3.05, 3.63) is 0 Å². The van der Waals surface area contributed by atoms with Gasteiger partial charge >= 0.3 is 5.97 Å². The van der Waals surface area contributed by atoms with Gasteiger partial charge in [0.25, 0.3) is 0 Å². The number of aliphatic hydroxyl groups excluding tert-OH is 1. The van der Waals surface area contributed by atoms with Gasteiger partial charge in [0.05, 0.1) is 18.2 Å². The largest absolute Gasteiger partial charge is 0.458 e. The number of aliphatic hydroxyl groups is 1. The summed E-state index contributed by atoms with van der Waals surface area (Å²) < 4.78 is 6.12. The van der Waals surface area contributed by atoms with E-state index in [0.29, 0.717) is 24.2 Å². The van der Waals surface area contributed by atoms with Crippen molar-refractivity contribution in [2.24, 2.45) is 28.9 Å². The third-order valence-electron chi connectivity index (χ3n) is 8.85. The molecule has 6 rings (SSSR count). The summed E-state index contributed by atoms with van der Waals surface area (Å²) in [6.07, 6.45) is 6.00. The first-order valence-corrected chi connectivity index (χ1v) is 11.8. The van der Waals surface area contributed by atoms with Crippen LogP contribution in [0.3, 0.4) is 0 Å². The van der Waals surface area contributed by atoms with Gasteiger partial charge in [0.2, 0.25) is 5.91 Å². The molecular formula is C23H34N4O4. The number of esters is 1. The quantitative estimate of drug-likeness (QED) is 0.529. The number of likely N-dealkylation sites (N-methyl/N-ethyl adjacent to an activating group) is 1. The Balaban J connectivity index is 1.38. The van der Waals surface area contributed by atoms with E-state index in [1.54, 1.807) is 18.9 Å². The molecule has 0 aromatic carbocycles. The monoisotopic (exact) mass is 430 g/mol. The number of rotatable bonds is 6. The van der Waals surface area contributed by atoms with E-state index < -0.39 is 29.8 Å². The van der Waals surface area contributed by atoms with Gasteiger partial charge < -0.3 is 25.8 Å². The van der Waals surface area contributed by atoms with Crippen LogP contribution in [0.5, 0.6) is 0 Å². The molecule has 31 heavy (non-hydrogen) atoms. The molecule has 6 aliphatic rings. The number of amides is 1. The third-order valence-corrected chi connectivity index (χ3v) is 8.85. The van der Waals surface area contributed by atoms with Crippen molar-refractivity contribution in [3.63, 3.8) is 0 Å². The number of nitrogens with one attached hydrogen (secondary N) is 1. The number of nitriles is 1. The summed E-state index contributed by atoms with van der Waals surface area (Å²) >= 11 is 0. The Morgan fingerprint density at radius 3 is 2.48 bits per heavy atom. The molecule has 1 aliphatic heterocycles.